The maximum atomic E-state index is 12.6. The lowest BCUT2D eigenvalue weighted by atomic mass is 9.97. The minimum atomic E-state index is -4.37. The van der Waals surface area contributed by atoms with Gasteiger partial charge in [0, 0.05) is 31.9 Å². The molecule has 1 saturated heterocycles. The second-order valence-electron chi connectivity index (χ2n) is 6.33. The van der Waals surface area contributed by atoms with Gasteiger partial charge in [-0.1, -0.05) is 0 Å². The SMILES string of the molecule is Cc1ccc(=O)n(CC2CCN(c3ccc(C(F)(F)F)cn3)CC2)n1. The summed E-state index contributed by atoms with van der Waals surface area (Å²) in [4.78, 5) is 17.7. The van der Waals surface area contributed by atoms with E-state index in [2.05, 4.69) is 10.1 Å². The molecule has 0 amide bonds. The summed E-state index contributed by atoms with van der Waals surface area (Å²) < 4.78 is 39.3. The van der Waals surface area contributed by atoms with Crippen molar-refractivity contribution in [2.45, 2.75) is 32.5 Å². The number of rotatable bonds is 3. The standard InChI is InChI=1S/C17H19F3N4O/c1-12-2-5-16(25)24(22-12)11-13-6-8-23(9-7-13)15-4-3-14(10-21-15)17(18,19)20/h2-5,10,13H,6-9,11H2,1H3. The zero-order valence-corrected chi connectivity index (χ0v) is 13.8. The Hall–Kier alpha value is -2.38. The Kier molecular flexibility index (Phi) is 4.78. The van der Waals surface area contributed by atoms with E-state index in [0.29, 0.717) is 31.4 Å². The summed E-state index contributed by atoms with van der Waals surface area (Å²) in [7, 11) is 0. The first-order chi connectivity index (χ1) is 11.8. The van der Waals surface area contributed by atoms with Crippen LogP contribution in [0, 0.1) is 12.8 Å². The van der Waals surface area contributed by atoms with Crippen LogP contribution in [0.2, 0.25) is 0 Å². The molecule has 0 spiro atoms. The van der Waals surface area contributed by atoms with Gasteiger partial charge in [0.1, 0.15) is 5.82 Å². The minimum absolute atomic E-state index is 0.113. The maximum absolute atomic E-state index is 12.6. The van der Waals surface area contributed by atoms with Gasteiger partial charge in [0.15, 0.2) is 0 Å². The van der Waals surface area contributed by atoms with E-state index in [9.17, 15) is 18.0 Å². The molecule has 0 aromatic carbocycles. The van der Waals surface area contributed by atoms with Crippen LogP contribution in [0.25, 0.3) is 0 Å². The molecule has 2 aromatic heterocycles. The van der Waals surface area contributed by atoms with Crippen molar-refractivity contribution in [3.63, 3.8) is 0 Å². The van der Waals surface area contributed by atoms with Gasteiger partial charge in [0.05, 0.1) is 11.3 Å². The molecule has 0 bridgehead atoms. The average Bonchev–Trinajstić information content (AvgIpc) is 2.58. The lowest BCUT2D eigenvalue weighted by Crippen LogP contribution is -2.37. The third kappa shape index (κ3) is 4.18. The number of hydrogen-bond acceptors (Lipinski definition) is 4. The van der Waals surface area contributed by atoms with Crippen LogP contribution in [-0.4, -0.2) is 27.9 Å². The van der Waals surface area contributed by atoms with Gasteiger partial charge in [-0.05, 0) is 43.9 Å². The summed E-state index contributed by atoms with van der Waals surface area (Å²) in [6.07, 6.45) is -1.82. The molecule has 1 aliphatic heterocycles. The van der Waals surface area contributed by atoms with Gasteiger partial charge >= 0.3 is 6.18 Å². The molecule has 0 N–H and O–H groups in total. The van der Waals surface area contributed by atoms with Gasteiger partial charge in [-0.2, -0.15) is 18.3 Å². The number of aromatic nitrogens is 3. The van der Waals surface area contributed by atoms with Crippen molar-refractivity contribution < 1.29 is 13.2 Å². The van der Waals surface area contributed by atoms with Gasteiger partial charge in [0.25, 0.3) is 5.56 Å². The summed E-state index contributed by atoms with van der Waals surface area (Å²) in [5, 5.41) is 4.25. The van der Waals surface area contributed by atoms with Gasteiger partial charge in [-0.25, -0.2) is 9.67 Å². The fourth-order valence-corrected chi connectivity index (χ4v) is 3.01. The number of halogens is 3. The van der Waals surface area contributed by atoms with E-state index in [1.807, 2.05) is 11.8 Å². The van der Waals surface area contributed by atoms with E-state index < -0.39 is 11.7 Å². The third-order valence-electron chi connectivity index (χ3n) is 4.44. The highest BCUT2D eigenvalue weighted by atomic mass is 19.4. The lowest BCUT2D eigenvalue weighted by molar-refractivity contribution is -0.137. The predicted octanol–water partition coefficient (Wildman–Crippen LogP) is 2.88. The second-order valence-corrected chi connectivity index (χ2v) is 6.33. The first kappa shape index (κ1) is 17.4. The van der Waals surface area contributed by atoms with Crippen molar-refractivity contribution in [3.05, 3.63) is 52.1 Å². The molecule has 3 rings (SSSR count). The molecular formula is C17H19F3N4O. The van der Waals surface area contributed by atoms with Crippen molar-refractivity contribution in [2.24, 2.45) is 5.92 Å². The number of aryl methyl sites for hydroxylation is 1. The van der Waals surface area contributed by atoms with E-state index in [0.717, 1.165) is 30.8 Å². The van der Waals surface area contributed by atoms with Gasteiger partial charge in [-0.3, -0.25) is 4.79 Å². The molecule has 2 aromatic rings. The molecule has 0 aliphatic carbocycles. The molecule has 5 nitrogen and oxygen atoms in total. The highest BCUT2D eigenvalue weighted by molar-refractivity contribution is 5.40. The summed E-state index contributed by atoms with van der Waals surface area (Å²) in [6.45, 7) is 3.80. The van der Waals surface area contributed by atoms with E-state index >= 15 is 0 Å². The van der Waals surface area contributed by atoms with Crippen LogP contribution in [-0.2, 0) is 12.7 Å². The van der Waals surface area contributed by atoms with Crippen LogP contribution < -0.4 is 10.5 Å². The van der Waals surface area contributed by atoms with Crippen LogP contribution >= 0.6 is 0 Å². The van der Waals surface area contributed by atoms with Crippen LogP contribution in [0.15, 0.2) is 35.3 Å². The summed E-state index contributed by atoms with van der Waals surface area (Å²) in [6, 6.07) is 5.68. The highest BCUT2D eigenvalue weighted by Crippen LogP contribution is 2.30. The number of alkyl halides is 3. The highest BCUT2D eigenvalue weighted by Gasteiger charge is 2.31. The third-order valence-corrected chi connectivity index (χ3v) is 4.44. The molecule has 134 valence electrons. The van der Waals surface area contributed by atoms with E-state index in [-0.39, 0.29) is 5.56 Å². The van der Waals surface area contributed by atoms with Crippen molar-refractivity contribution in [1.82, 2.24) is 14.8 Å². The first-order valence-corrected chi connectivity index (χ1v) is 8.16. The smallest absolute Gasteiger partial charge is 0.357 e. The van der Waals surface area contributed by atoms with Crippen molar-refractivity contribution in [2.75, 3.05) is 18.0 Å². The first-order valence-electron chi connectivity index (χ1n) is 8.16. The Morgan fingerprint density at radius 2 is 1.88 bits per heavy atom. The topological polar surface area (TPSA) is 51.0 Å². The molecule has 1 aliphatic rings. The summed E-state index contributed by atoms with van der Waals surface area (Å²) >= 11 is 0. The second kappa shape index (κ2) is 6.85. The van der Waals surface area contributed by atoms with E-state index in [1.54, 1.807) is 6.07 Å². The number of nitrogens with zero attached hydrogens (tertiary/aromatic N) is 4. The van der Waals surface area contributed by atoms with Crippen molar-refractivity contribution in [1.29, 1.82) is 0 Å². The number of anilines is 1. The molecule has 8 heteroatoms. The summed E-state index contributed by atoms with van der Waals surface area (Å²) in [5.74, 6) is 0.870. The van der Waals surface area contributed by atoms with E-state index in [1.165, 1.54) is 16.8 Å². The molecule has 0 unspecified atom stereocenters. The van der Waals surface area contributed by atoms with E-state index in [4.69, 9.17) is 0 Å². The maximum Gasteiger partial charge on any atom is 0.417 e. The molecule has 3 heterocycles. The molecule has 25 heavy (non-hydrogen) atoms. The summed E-state index contributed by atoms with van der Waals surface area (Å²) in [5.41, 5.74) is -0.0561. The Morgan fingerprint density at radius 3 is 2.48 bits per heavy atom. The Balaban J connectivity index is 1.60. The largest absolute Gasteiger partial charge is 0.417 e. The zero-order chi connectivity index (χ0) is 18.0. The molecule has 0 atom stereocenters. The average molecular weight is 352 g/mol. The van der Waals surface area contributed by atoms with Gasteiger partial charge < -0.3 is 4.90 Å². The Bertz CT molecular complexity index is 778. The van der Waals surface area contributed by atoms with Gasteiger partial charge in [-0.15, -0.1) is 0 Å². The fourth-order valence-electron chi connectivity index (χ4n) is 3.01. The lowest BCUT2D eigenvalue weighted by Gasteiger charge is -2.32. The quantitative estimate of drug-likeness (QED) is 0.852. The molecular weight excluding hydrogens is 333 g/mol. The number of piperidine rings is 1. The Labute approximate surface area is 143 Å². The van der Waals surface area contributed by atoms with Crippen LogP contribution in [0.5, 0.6) is 0 Å². The number of pyridine rings is 1. The van der Waals surface area contributed by atoms with Crippen LogP contribution in [0.4, 0.5) is 19.0 Å². The number of hydrogen-bond donors (Lipinski definition) is 0. The van der Waals surface area contributed by atoms with Crippen LogP contribution in [0.3, 0.4) is 0 Å². The Morgan fingerprint density at radius 1 is 1.16 bits per heavy atom. The molecule has 1 fully saturated rings. The fraction of sp³-hybridized carbons (Fsp3) is 0.471. The van der Waals surface area contributed by atoms with Crippen LogP contribution in [0.1, 0.15) is 24.1 Å². The normalized spacial score (nSPS) is 16.2. The zero-order valence-electron chi connectivity index (χ0n) is 13.8. The predicted molar refractivity (Wildman–Crippen MR) is 87.4 cm³/mol. The molecule has 0 radical (unpaired) electrons. The van der Waals surface area contributed by atoms with Crippen molar-refractivity contribution >= 4 is 5.82 Å². The minimum Gasteiger partial charge on any atom is -0.357 e. The monoisotopic (exact) mass is 352 g/mol. The van der Waals surface area contributed by atoms with Crippen molar-refractivity contribution in [3.8, 4) is 0 Å². The molecule has 0 saturated carbocycles. The van der Waals surface area contributed by atoms with Gasteiger partial charge in [0.2, 0.25) is 0 Å².